The number of hydrogen-bond donors (Lipinski definition) is 0. The molecule has 0 aliphatic heterocycles. The Bertz CT molecular complexity index is 927. The second-order valence-electron chi connectivity index (χ2n) is 5.58. The third-order valence-electron chi connectivity index (χ3n) is 3.47. The first-order chi connectivity index (χ1) is 11.7. The Morgan fingerprint density at radius 1 is 1.60 bits per heavy atom. The van der Waals surface area contributed by atoms with E-state index in [0.717, 1.165) is 0 Å². The zero-order chi connectivity index (χ0) is 18.6. The molecule has 0 aliphatic rings. The third-order valence-corrected chi connectivity index (χ3v) is 5.32. The average Bonchev–Trinajstić information content (AvgIpc) is 2.95. The van der Waals surface area contributed by atoms with Gasteiger partial charge in [0.15, 0.2) is 5.15 Å². The maximum Gasteiger partial charge on any atom is 0.230 e. The zero-order valence-electron chi connectivity index (χ0n) is 14.0. The number of nitrogens with zero attached hydrogens (tertiary/aromatic N) is 6. The predicted molar refractivity (Wildman–Crippen MR) is 95.9 cm³/mol. The van der Waals surface area contributed by atoms with E-state index in [1.54, 1.807) is 44.7 Å². The van der Waals surface area contributed by atoms with Crippen LogP contribution in [0.4, 0.5) is 5.69 Å². The van der Waals surface area contributed by atoms with Gasteiger partial charge in [-0.3, -0.25) is 9.78 Å². The van der Waals surface area contributed by atoms with Gasteiger partial charge in [0.2, 0.25) is 12.1 Å². The fourth-order valence-electron chi connectivity index (χ4n) is 2.30. The van der Waals surface area contributed by atoms with Crippen molar-refractivity contribution in [2.75, 3.05) is 24.0 Å². The predicted octanol–water partition coefficient (Wildman–Crippen LogP) is 2.10. The van der Waals surface area contributed by atoms with Crippen LogP contribution in [0.25, 0.3) is 5.69 Å². The summed E-state index contributed by atoms with van der Waals surface area (Å²) < 4.78 is 17.0. The van der Waals surface area contributed by atoms with Gasteiger partial charge in [-0.1, -0.05) is 18.5 Å². The van der Waals surface area contributed by atoms with Gasteiger partial charge < -0.3 is 4.90 Å². The molecule has 2 aromatic rings. The summed E-state index contributed by atoms with van der Waals surface area (Å²) in [6, 6.07) is 3.57. The minimum atomic E-state index is -2.74. The summed E-state index contributed by atoms with van der Waals surface area (Å²) in [7, 11) is -1.17. The largest absolute Gasteiger partial charge is 0.311 e. The van der Waals surface area contributed by atoms with Crippen LogP contribution in [0.3, 0.4) is 0 Å². The average molecular weight is 381 g/mol. The quantitative estimate of drug-likeness (QED) is 0.738. The normalized spacial score (nSPS) is 14.2. The van der Waals surface area contributed by atoms with E-state index >= 15 is 0 Å². The lowest BCUT2D eigenvalue weighted by molar-refractivity contribution is -0.121. The Balaban J connectivity index is 2.23. The summed E-state index contributed by atoms with van der Waals surface area (Å²) in [5.74, 6) is -0.911. The molecule has 2 unspecified atom stereocenters. The first-order valence-corrected chi connectivity index (χ1v) is 9.73. The number of carbonyl (C=O) groups excluding carboxylic acids is 1. The van der Waals surface area contributed by atoms with Gasteiger partial charge in [0.25, 0.3) is 0 Å². The second-order valence-corrected chi connectivity index (χ2v) is 8.37. The van der Waals surface area contributed by atoms with E-state index in [9.17, 15) is 9.00 Å². The summed E-state index contributed by atoms with van der Waals surface area (Å²) in [6.07, 6.45) is 7.76. The lowest BCUT2D eigenvalue weighted by atomic mass is 10.2. The monoisotopic (exact) mass is 380 g/mol. The van der Waals surface area contributed by atoms with Crippen LogP contribution in [0.15, 0.2) is 35.1 Å². The highest BCUT2D eigenvalue weighted by Gasteiger charge is 2.25. The van der Waals surface area contributed by atoms with Crippen LogP contribution in [0.5, 0.6) is 0 Å². The zero-order valence-corrected chi connectivity index (χ0v) is 15.5. The molecule has 132 valence electrons. The maximum absolute atomic E-state index is 12.6. The van der Waals surface area contributed by atoms with Gasteiger partial charge in [0, 0.05) is 31.2 Å². The van der Waals surface area contributed by atoms with Crippen LogP contribution in [0.2, 0.25) is 5.15 Å². The van der Waals surface area contributed by atoms with Crippen LogP contribution in [-0.2, 0) is 14.5 Å². The number of nitriles is 1. The minimum absolute atomic E-state index is 0.0158. The van der Waals surface area contributed by atoms with Gasteiger partial charge >= 0.3 is 0 Å². The number of hydrogen-bond acceptors (Lipinski definition) is 6. The van der Waals surface area contributed by atoms with Crippen molar-refractivity contribution < 1.29 is 9.00 Å². The second kappa shape index (κ2) is 7.63. The van der Waals surface area contributed by atoms with Gasteiger partial charge in [0.05, 0.1) is 27.8 Å². The van der Waals surface area contributed by atoms with E-state index in [-0.39, 0.29) is 16.8 Å². The summed E-state index contributed by atoms with van der Waals surface area (Å²) in [5, 5.41) is 12.9. The van der Waals surface area contributed by atoms with Crippen LogP contribution in [-0.4, -0.2) is 43.9 Å². The van der Waals surface area contributed by atoms with Crippen molar-refractivity contribution in [3.05, 3.63) is 35.9 Å². The van der Waals surface area contributed by atoms with Crippen LogP contribution >= 0.6 is 11.6 Å². The van der Waals surface area contributed by atoms with Crippen molar-refractivity contribution in [2.24, 2.45) is 10.3 Å². The lowest BCUT2D eigenvalue weighted by Crippen LogP contribution is -2.34. The minimum Gasteiger partial charge on any atom is -0.311 e. The van der Waals surface area contributed by atoms with E-state index in [1.807, 2.05) is 0 Å². The fraction of sp³-hybridized carbons (Fsp3) is 0.333. The smallest absolute Gasteiger partial charge is 0.230 e. The molecule has 0 bridgehead atoms. The standard InChI is InChI=1S/C15H17ClN6O2S/c1-11(9-25(3,24)19-10-17)15(23)21(2)13-8-22(20-14(13)16)12-5-4-6-18-7-12/h4-8,11H,9H2,1-3H3. The maximum atomic E-state index is 12.6. The molecule has 25 heavy (non-hydrogen) atoms. The number of amides is 1. The van der Waals surface area contributed by atoms with Crippen molar-refractivity contribution in [3.63, 3.8) is 0 Å². The molecule has 2 atom stereocenters. The molecule has 0 saturated carbocycles. The molecule has 0 fully saturated rings. The van der Waals surface area contributed by atoms with E-state index in [0.29, 0.717) is 11.4 Å². The highest BCUT2D eigenvalue weighted by atomic mass is 35.5. The Morgan fingerprint density at radius 2 is 2.32 bits per heavy atom. The van der Waals surface area contributed by atoms with Crippen molar-refractivity contribution in [1.29, 1.82) is 5.26 Å². The van der Waals surface area contributed by atoms with Gasteiger partial charge in [-0.15, -0.1) is 4.36 Å². The molecule has 8 nitrogen and oxygen atoms in total. The number of pyridine rings is 1. The van der Waals surface area contributed by atoms with Crippen LogP contribution in [0.1, 0.15) is 6.92 Å². The number of anilines is 1. The van der Waals surface area contributed by atoms with E-state index in [4.69, 9.17) is 16.9 Å². The molecule has 2 rings (SSSR count). The Kier molecular flexibility index (Phi) is 5.77. The van der Waals surface area contributed by atoms with Gasteiger partial charge in [-0.2, -0.15) is 10.4 Å². The topological polar surface area (TPSA) is 104 Å². The number of halogens is 1. The molecule has 0 spiro atoms. The summed E-state index contributed by atoms with van der Waals surface area (Å²) >= 11 is 6.16. The Hall–Kier alpha value is -2.44. The summed E-state index contributed by atoms with van der Waals surface area (Å²) in [6.45, 7) is 1.63. The summed E-state index contributed by atoms with van der Waals surface area (Å²) in [5.41, 5.74) is 1.12. The molecule has 2 heterocycles. The van der Waals surface area contributed by atoms with Crippen molar-refractivity contribution >= 4 is 32.9 Å². The molecule has 0 N–H and O–H groups in total. The highest BCUT2D eigenvalue weighted by Crippen LogP contribution is 2.26. The molecule has 0 aliphatic carbocycles. The third kappa shape index (κ3) is 4.55. The Morgan fingerprint density at radius 3 is 2.92 bits per heavy atom. The number of aromatic nitrogens is 3. The van der Waals surface area contributed by atoms with Crippen molar-refractivity contribution in [3.8, 4) is 11.9 Å². The number of carbonyl (C=O) groups is 1. The SMILES string of the molecule is CC(CS(C)(=O)=NC#N)C(=O)N(C)c1cn(-c2cccnc2)nc1Cl. The molecule has 2 aromatic heterocycles. The molecule has 0 saturated heterocycles. The first-order valence-electron chi connectivity index (χ1n) is 7.26. The molecule has 0 radical (unpaired) electrons. The van der Waals surface area contributed by atoms with Gasteiger partial charge in [-0.05, 0) is 12.1 Å². The highest BCUT2D eigenvalue weighted by molar-refractivity contribution is 7.93. The van der Waals surface area contributed by atoms with E-state index in [2.05, 4.69) is 14.4 Å². The number of rotatable bonds is 5. The lowest BCUT2D eigenvalue weighted by Gasteiger charge is -2.20. The molecular formula is C15H17ClN6O2S. The molecule has 0 aromatic carbocycles. The van der Waals surface area contributed by atoms with Crippen LogP contribution in [0, 0.1) is 17.4 Å². The molecular weight excluding hydrogens is 364 g/mol. The van der Waals surface area contributed by atoms with E-state index < -0.39 is 15.6 Å². The van der Waals surface area contributed by atoms with E-state index in [1.165, 1.54) is 22.0 Å². The summed E-state index contributed by atoms with van der Waals surface area (Å²) in [4.78, 5) is 18.0. The molecule has 10 heteroatoms. The van der Waals surface area contributed by atoms with Crippen molar-refractivity contribution in [1.82, 2.24) is 14.8 Å². The van der Waals surface area contributed by atoms with Gasteiger partial charge in [-0.25, -0.2) is 8.89 Å². The first kappa shape index (κ1) is 18.9. The Labute approximate surface area is 151 Å². The van der Waals surface area contributed by atoms with Crippen molar-refractivity contribution in [2.45, 2.75) is 6.92 Å². The van der Waals surface area contributed by atoms with Crippen LogP contribution < -0.4 is 4.90 Å². The fourth-order valence-corrected chi connectivity index (χ4v) is 3.87. The van der Waals surface area contributed by atoms with Gasteiger partial charge in [0.1, 0.15) is 5.69 Å². The molecule has 1 amide bonds.